The van der Waals surface area contributed by atoms with Crippen LogP contribution in [0.4, 0.5) is 5.00 Å². The molecular weight excluding hydrogens is 342 g/mol. The van der Waals surface area contributed by atoms with Crippen LogP contribution in [0, 0.1) is 11.3 Å². The maximum atomic E-state index is 12.1. The lowest BCUT2D eigenvalue weighted by atomic mass is 10.1. The second kappa shape index (κ2) is 7.11. The lowest BCUT2D eigenvalue weighted by Crippen LogP contribution is -2.34. The number of thiocarbonyl (C=S) groups is 1. The first-order valence-corrected chi connectivity index (χ1v) is 8.97. The Kier molecular flexibility index (Phi) is 4.92. The Morgan fingerprint density at radius 2 is 2.21 bits per heavy atom. The van der Waals surface area contributed by atoms with Gasteiger partial charge in [0.05, 0.1) is 5.56 Å². The molecule has 6 nitrogen and oxygen atoms in total. The monoisotopic (exact) mass is 359 g/mol. The van der Waals surface area contributed by atoms with Gasteiger partial charge in [0.25, 0.3) is 5.91 Å². The van der Waals surface area contributed by atoms with Gasteiger partial charge >= 0.3 is 0 Å². The topological polar surface area (TPSA) is 82.7 Å². The summed E-state index contributed by atoms with van der Waals surface area (Å²) in [6, 6.07) is 3.90. The third kappa shape index (κ3) is 3.47. The Bertz CT molecular complexity index is 830. The zero-order chi connectivity index (χ0) is 17.1. The summed E-state index contributed by atoms with van der Waals surface area (Å²) in [6.07, 6.45) is 7.09. The van der Waals surface area contributed by atoms with E-state index >= 15 is 0 Å². The van der Waals surface area contributed by atoms with E-state index in [1.807, 2.05) is 0 Å². The van der Waals surface area contributed by atoms with Gasteiger partial charge in [0, 0.05) is 18.1 Å². The van der Waals surface area contributed by atoms with E-state index in [-0.39, 0.29) is 11.0 Å². The van der Waals surface area contributed by atoms with Crippen LogP contribution in [0.3, 0.4) is 0 Å². The SMILES string of the molecule is Cn1ccc(C(=O)NC(=S)Nc2sc3c(c2C#N)CCCCC3)n1. The molecule has 0 unspecified atom stereocenters. The standard InChI is InChI=1S/C16H17N5OS2/c1-21-8-7-12(20-21)14(22)18-16(23)19-15-11(9-17)10-5-3-2-4-6-13(10)24-15/h7-8H,2-6H2,1H3,(H2,18,19,22,23). The predicted octanol–water partition coefficient (Wildman–Crippen LogP) is 2.75. The van der Waals surface area contributed by atoms with Gasteiger partial charge in [0.1, 0.15) is 11.1 Å². The van der Waals surface area contributed by atoms with E-state index in [1.165, 1.54) is 11.3 Å². The van der Waals surface area contributed by atoms with Crippen molar-refractivity contribution in [2.24, 2.45) is 7.05 Å². The molecule has 0 aromatic carbocycles. The first-order chi connectivity index (χ1) is 11.6. The first kappa shape index (κ1) is 16.6. The minimum atomic E-state index is -0.371. The molecule has 1 aliphatic carbocycles. The largest absolute Gasteiger partial charge is 0.323 e. The number of nitrogens with one attached hydrogen (secondary N) is 2. The van der Waals surface area contributed by atoms with Crippen molar-refractivity contribution in [2.45, 2.75) is 32.1 Å². The van der Waals surface area contributed by atoms with Crippen LogP contribution in [0.15, 0.2) is 12.3 Å². The minimum absolute atomic E-state index is 0.179. The molecule has 124 valence electrons. The molecule has 2 N–H and O–H groups in total. The van der Waals surface area contributed by atoms with Crippen LogP contribution in [0.1, 0.15) is 45.8 Å². The molecular formula is C16H17N5OS2. The molecule has 0 saturated carbocycles. The highest BCUT2D eigenvalue weighted by atomic mass is 32.1. The summed E-state index contributed by atoms with van der Waals surface area (Å²) in [6.45, 7) is 0. The molecule has 0 atom stereocenters. The van der Waals surface area contributed by atoms with Crippen molar-refractivity contribution in [1.29, 1.82) is 5.26 Å². The Labute approximate surface area is 149 Å². The molecule has 0 saturated heterocycles. The Morgan fingerprint density at radius 1 is 1.42 bits per heavy atom. The van der Waals surface area contributed by atoms with Gasteiger partial charge in [-0.15, -0.1) is 11.3 Å². The average Bonchev–Trinajstić information content (AvgIpc) is 3.03. The number of nitriles is 1. The second-order valence-electron chi connectivity index (χ2n) is 5.66. The van der Waals surface area contributed by atoms with E-state index in [9.17, 15) is 10.1 Å². The van der Waals surface area contributed by atoms with Crippen molar-refractivity contribution < 1.29 is 4.79 Å². The molecule has 0 radical (unpaired) electrons. The van der Waals surface area contributed by atoms with Crippen molar-refractivity contribution in [3.63, 3.8) is 0 Å². The molecule has 1 aliphatic rings. The molecule has 2 aromatic heterocycles. The van der Waals surface area contributed by atoms with Gasteiger partial charge in [-0.3, -0.25) is 14.8 Å². The van der Waals surface area contributed by atoms with Gasteiger partial charge in [-0.25, -0.2) is 0 Å². The number of anilines is 1. The summed E-state index contributed by atoms with van der Waals surface area (Å²) in [7, 11) is 1.74. The lowest BCUT2D eigenvalue weighted by Gasteiger charge is -2.07. The molecule has 0 fully saturated rings. The van der Waals surface area contributed by atoms with Crippen molar-refractivity contribution in [2.75, 3.05) is 5.32 Å². The number of carbonyl (C=O) groups is 1. The summed E-state index contributed by atoms with van der Waals surface area (Å²) in [5.41, 5.74) is 2.09. The fourth-order valence-corrected chi connectivity index (χ4v) is 4.29. The van der Waals surface area contributed by atoms with Crippen LogP contribution in [0.5, 0.6) is 0 Å². The number of aromatic nitrogens is 2. The molecule has 2 heterocycles. The van der Waals surface area contributed by atoms with Gasteiger partial charge in [-0.1, -0.05) is 6.42 Å². The van der Waals surface area contributed by atoms with Crippen LogP contribution >= 0.6 is 23.6 Å². The van der Waals surface area contributed by atoms with Crippen molar-refractivity contribution in [3.8, 4) is 6.07 Å². The highest BCUT2D eigenvalue weighted by Crippen LogP contribution is 2.36. The normalized spacial score (nSPS) is 13.5. The quantitative estimate of drug-likeness (QED) is 0.636. The fraction of sp³-hybridized carbons (Fsp3) is 0.375. The number of rotatable bonds is 2. The number of fused-ring (bicyclic) bond motifs is 1. The summed E-state index contributed by atoms with van der Waals surface area (Å²) in [4.78, 5) is 13.3. The van der Waals surface area contributed by atoms with Crippen molar-refractivity contribution in [3.05, 3.63) is 34.0 Å². The highest BCUT2D eigenvalue weighted by molar-refractivity contribution is 7.80. The Balaban J connectivity index is 1.73. The van der Waals surface area contributed by atoms with Gasteiger partial charge in [0.2, 0.25) is 0 Å². The summed E-state index contributed by atoms with van der Waals surface area (Å²) >= 11 is 6.78. The molecule has 24 heavy (non-hydrogen) atoms. The summed E-state index contributed by atoms with van der Waals surface area (Å²) in [5.74, 6) is -0.371. The molecule has 0 bridgehead atoms. The Morgan fingerprint density at radius 3 is 2.92 bits per heavy atom. The third-order valence-corrected chi connectivity index (χ3v) is 5.34. The fourth-order valence-electron chi connectivity index (χ4n) is 2.79. The lowest BCUT2D eigenvalue weighted by molar-refractivity contribution is 0.0972. The highest BCUT2D eigenvalue weighted by Gasteiger charge is 2.21. The summed E-state index contributed by atoms with van der Waals surface area (Å²) in [5, 5.41) is 20.0. The van der Waals surface area contributed by atoms with Gasteiger partial charge in [0.15, 0.2) is 10.8 Å². The maximum absolute atomic E-state index is 12.1. The van der Waals surface area contributed by atoms with Gasteiger partial charge < -0.3 is 5.32 Å². The van der Waals surface area contributed by atoms with Gasteiger partial charge in [-0.2, -0.15) is 10.4 Å². The van der Waals surface area contributed by atoms with E-state index in [0.29, 0.717) is 11.3 Å². The van der Waals surface area contributed by atoms with Crippen LogP contribution < -0.4 is 10.6 Å². The van der Waals surface area contributed by atoms with Crippen molar-refractivity contribution in [1.82, 2.24) is 15.1 Å². The van der Waals surface area contributed by atoms with Crippen molar-refractivity contribution >= 4 is 39.6 Å². The molecule has 8 heteroatoms. The molecule has 1 amide bonds. The van der Waals surface area contributed by atoms with Gasteiger partial charge in [-0.05, 0) is 49.5 Å². The number of hydrogen-bond acceptors (Lipinski definition) is 5. The molecule has 2 aromatic rings. The molecule has 0 spiro atoms. The summed E-state index contributed by atoms with van der Waals surface area (Å²) < 4.78 is 1.55. The van der Waals surface area contributed by atoms with Crippen LogP contribution in [0.2, 0.25) is 0 Å². The van der Waals surface area contributed by atoms with Crippen LogP contribution in [-0.2, 0) is 19.9 Å². The van der Waals surface area contributed by atoms with E-state index in [4.69, 9.17) is 12.2 Å². The number of hydrogen-bond donors (Lipinski definition) is 2. The van der Waals surface area contributed by atoms with Crippen LogP contribution in [0.25, 0.3) is 0 Å². The maximum Gasteiger partial charge on any atom is 0.277 e. The Hall–Kier alpha value is -2.24. The average molecular weight is 359 g/mol. The van der Waals surface area contributed by atoms with E-state index in [2.05, 4.69) is 21.8 Å². The smallest absolute Gasteiger partial charge is 0.277 e. The number of thiophene rings is 1. The van der Waals surface area contributed by atoms with Crippen LogP contribution in [-0.4, -0.2) is 20.8 Å². The number of amides is 1. The predicted molar refractivity (Wildman–Crippen MR) is 97.2 cm³/mol. The number of nitrogens with zero attached hydrogens (tertiary/aromatic N) is 3. The zero-order valence-electron chi connectivity index (χ0n) is 13.3. The van der Waals surface area contributed by atoms with E-state index < -0.39 is 0 Å². The van der Waals surface area contributed by atoms with E-state index in [0.717, 1.165) is 36.2 Å². The zero-order valence-corrected chi connectivity index (χ0v) is 14.9. The minimum Gasteiger partial charge on any atom is -0.323 e. The number of aryl methyl sites for hydroxylation is 2. The third-order valence-electron chi connectivity index (χ3n) is 3.93. The first-order valence-electron chi connectivity index (χ1n) is 7.75. The number of carbonyl (C=O) groups excluding carboxylic acids is 1. The van der Waals surface area contributed by atoms with E-state index in [1.54, 1.807) is 35.3 Å². The molecule has 0 aliphatic heterocycles. The second-order valence-corrected chi connectivity index (χ2v) is 7.18. The molecule has 3 rings (SSSR count).